The average molecular weight is 290 g/mol. The third-order valence-electron chi connectivity index (χ3n) is 4.61. The lowest BCUT2D eigenvalue weighted by atomic mass is 10.2. The highest BCUT2D eigenvalue weighted by Gasteiger charge is 2.26. The van der Waals surface area contributed by atoms with E-state index in [4.69, 9.17) is 5.73 Å². The second kappa shape index (κ2) is 5.67. The summed E-state index contributed by atoms with van der Waals surface area (Å²) in [5, 5.41) is 4.62. The van der Waals surface area contributed by atoms with Crippen LogP contribution >= 0.6 is 0 Å². The predicted molar refractivity (Wildman–Crippen MR) is 85.2 cm³/mol. The van der Waals surface area contributed by atoms with Crippen LogP contribution in [0.25, 0.3) is 11.2 Å². The zero-order valence-corrected chi connectivity index (χ0v) is 13.3. The first kappa shape index (κ1) is 14.4. The molecule has 1 unspecified atom stereocenters. The minimum Gasteiger partial charge on any atom is -0.369 e. The van der Waals surface area contributed by atoms with Gasteiger partial charge in [0.25, 0.3) is 0 Å². The summed E-state index contributed by atoms with van der Waals surface area (Å²) in [7, 11) is 1.99. The van der Waals surface area contributed by atoms with Crippen LogP contribution in [0, 0.1) is 0 Å². The molecular weight excluding hydrogens is 264 g/mol. The number of nitrogen functional groups attached to an aromatic ring is 1. The van der Waals surface area contributed by atoms with Crippen molar-refractivity contribution in [2.24, 2.45) is 7.05 Å². The first-order chi connectivity index (χ1) is 10.2. The molecule has 0 amide bonds. The number of fused-ring (bicyclic) bond motifs is 1. The van der Waals surface area contributed by atoms with E-state index in [2.05, 4.69) is 33.4 Å². The Balaban J connectivity index is 1.96. The first-order valence-corrected chi connectivity index (χ1v) is 8.07. The van der Waals surface area contributed by atoms with Crippen LogP contribution in [0.3, 0.4) is 0 Å². The number of nitrogens with zero attached hydrogens (tertiary/aromatic N) is 5. The van der Waals surface area contributed by atoms with Gasteiger partial charge in [0.2, 0.25) is 5.95 Å². The fourth-order valence-electron chi connectivity index (χ4n) is 3.57. The fourth-order valence-corrected chi connectivity index (χ4v) is 3.57. The lowest BCUT2D eigenvalue weighted by molar-refractivity contribution is 0.246. The van der Waals surface area contributed by atoms with Gasteiger partial charge in [-0.25, -0.2) is 4.98 Å². The molecule has 1 fully saturated rings. The quantitative estimate of drug-likeness (QED) is 0.912. The lowest BCUT2D eigenvalue weighted by Crippen LogP contribution is -2.33. The number of aromatic nitrogens is 4. The molecule has 3 heterocycles. The van der Waals surface area contributed by atoms with Crippen molar-refractivity contribution in [2.45, 2.75) is 52.1 Å². The molecule has 6 heteroatoms. The minimum atomic E-state index is 0.569. The van der Waals surface area contributed by atoms with Gasteiger partial charge in [0.15, 0.2) is 5.65 Å². The third kappa shape index (κ3) is 2.41. The number of anilines is 1. The van der Waals surface area contributed by atoms with Crippen molar-refractivity contribution in [1.82, 2.24) is 24.2 Å². The first-order valence-electron chi connectivity index (χ1n) is 8.07. The second-order valence-corrected chi connectivity index (χ2v) is 6.00. The molecule has 2 aromatic rings. The van der Waals surface area contributed by atoms with Crippen LogP contribution < -0.4 is 5.73 Å². The summed E-state index contributed by atoms with van der Waals surface area (Å²) in [6.07, 6.45) is 4.55. The molecule has 1 saturated heterocycles. The molecule has 21 heavy (non-hydrogen) atoms. The molecule has 1 atom stereocenters. The number of imidazole rings is 1. The topological polar surface area (TPSA) is 64.9 Å². The number of aryl methyl sites for hydroxylation is 2. The van der Waals surface area contributed by atoms with E-state index in [1.54, 1.807) is 0 Å². The smallest absolute Gasteiger partial charge is 0.202 e. The van der Waals surface area contributed by atoms with Crippen LogP contribution in [0.4, 0.5) is 5.95 Å². The highest BCUT2D eigenvalue weighted by Crippen LogP contribution is 2.25. The van der Waals surface area contributed by atoms with Gasteiger partial charge in [0, 0.05) is 19.6 Å². The number of likely N-dealkylation sites (tertiary alicyclic amines) is 1. The Kier molecular flexibility index (Phi) is 3.89. The molecule has 1 aliphatic rings. The Morgan fingerprint density at radius 2 is 2.14 bits per heavy atom. The molecule has 2 N–H and O–H groups in total. The highest BCUT2D eigenvalue weighted by molar-refractivity contribution is 5.77. The van der Waals surface area contributed by atoms with E-state index in [1.165, 1.54) is 19.4 Å². The lowest BCUT2D eigenvalue weighted by Gasteiger charge is -2.23. The van der Waals surface area contributed by atoms with E-state index in [0.29, 0.717) is 12.0 Å². The van der Waals surface area contributed by atoms with Gasteiger partial charge in [0.1, 0.15) is 5.52 Å². The van der Waals surface area contributed by atoms with E-state index < -0.39 is 0 Å². The van der Waals surface area contributed by atoms with Crippen molar-refractivity contribution >= 4 is 17.1 Å². The summed E-state index contributed by atoms with van der Waals surface area (Å²) in [5.74, 6) is 0.623. The zero-order valence-electron chi connectivity index (χ0n) is 13.3. The van der Waals surface area contributed by atoms with E-state index in [1.807, 2.05) is 11.7 Å². The van der Waals surface area contributed by atoms with Gasteiger partial charge in [-0.2, -0.15) is 5.10 Å². The molecule has 0 spiro atoms. The summed E-state index contributed by atoms with van der Waals surface area (Å²) >= 11 is 0. The summed E-state index contributed by atoms with van der Waals surface area (Å²) in [6.45, 7) is 7.62. The third-order valence-corrected chi connectivity index (χ3v) is 4.61. The van der Waals surface area contributed by atoms with Crippen molar-refractivity contribution in [2.75, 3.05) is 18.8 Å². The molecule has 0 radical (unpaired) electrons. The summed E-state index contributed by atoms with van der Waals surface area (Å²) in [4.78, 5) is 7.12. The molecular formula is C15H26N6. The van der Waals surface area contributed by atoms with Crippen molar-refractivity contribution in [1.29, 1.82) is 0 Å². The number of likely N-dealkylation sites (N-methyl/N-ethyl adjacent to an activating group) is 1. The predicted octanol–water partition coefficient (Wildman–Crippen LogP) is 1.79. The van der Waals surface area contributed by atoms with Crippen LogP contribution in [0.15, 0.2) is 0 Å². The van der Waals surface area contributed by atoms with Gasteiger partial charge < -0.3 is 5.73 Å². The molecule has 0 aromatic carbocycles. The number of hydrogen-bond donors (Lipinski definition) is 1. The van der Waals surface area contributed by atoms with Crippen molar-refractivity contribution in [3.63, 3.8) is 0 Å². The molecule has 0 saturated carbocycles. The van der Waals surface area contributed by atoms with Crippen LogP contribution in [-0.4, -0.2) is 43.4 Å². The highest BCUT2D eigenvalue weighted by atomic mass is 15.4. The summed E-state index contributed by atoms with van der Waals surface area (Å²) in [5.41, 5.74) is 9.31. The Hall–Kier alpha value is -1.56. The van der Waals surface area contributed by atoms with Gasteiger partial charge in [-0.3, -0.25) is 14.1 Å². The average Bonchev–Trinajstić information content (AvgIpc) is 3.10. The van der Waals surface area contributed by atoms with Crippen LogP contribution in [0.5, 0.6) is 0 Å². The van der Waals surface area contributed by atoms with Gasteiger partial charge in [-0.05, 0) is 32.4 Å². The molecule has 1 aliphatic heterocycles. The van der Waals surface area contributed by atoms with Gasteiger partial charge in [0.05, 0.1) is 5.69 Å². The Morgan fingerprint density at radius 3 is 2.86 bits per heavy atom. The van der Waals surface area contributed by atoms with E-state index >= 15 is 0 Å². The number of hydrogen-bond acceptors (Lipinski definition) is 4. The summed E-state index contributed by atoms with van der Waals surface area (Å²) < 4.78 is 4.09. The van der Waals surface area contributed by atoms with E-state index in [0.717, 1.165) is 42.8 Å². The van der Waals surface area contributed by atoms with Crippen molar-refractivity contribution in [3.8, 4) is 0 Å². The Bertz CT molecular complexity index is 626. The molecule has 0 aliphatic carbocycles. The summed E-state index contributed by atoms with van der Waals surface area (Å²) in [6, 6.07) is 0.569. The fraction of sp³-hybridized carbons (Fsp3) is 0.733. The standard InChI is InChI=1S/C15H26N6/c1-4-7-12-13-14(19(3)18-12)21(15(16)17-13)10-11-8-6-9-20(11)5-2/h11H,4-10H2,1-3H3,(H2,16,17). The minimum absolute atomic E-state index is 0.569. The van der Waals surface area contributed by atoms with Crippen molar-refractivity contribution < 1.29 is 0 Å². The molecule has 116 valence electrons. The SMILES string of the molecule is CCCc1nn(C)c2c1nc(N)n2CC1CCCN1CC. The second-order valence-electron chi connectivity index (χ2n) is 6.00. The Morgan fingerprint density at radius 1 is 1.33 bits per heavy atom. The maximum Gasteiger partial charge on any atom is 0.202 e. The maximum absolute atomic E-state index is 6.19. The Labute approximate surface area is 125 Å². The van der Waals surface area contributed by atoms with Crippen LogP contribution in [0.1, 0.15) is 38.8 Å². The maximum atomic E-state index is 6.19. The molecule has 3 rings (SSSR count). The van der Waals surface area contributed by atoms with Gasteiger partial charge >= 0.3 is 0 Å². The van der Waals surface area contributed by atoms with E-state index in [-0.39, 0.29) is 0 Å². The van der Waals surface area contributed by atoms with Gasteiger partial charge in [-0.1, -0.05) is 20.3 Å². The zero-order chi connectivity index (χ0) is 15.0. The molecule has 2 aromatic heterocycles. The van der Waals surface area contributed by atoms with Crippen LogP contribution in [0.2, 0.25) is 0 Å². The van der Waals surface area contributed by atoms with Crippen molar-refractivity contribution in [3.05, 3.63) is 5.69 Å². The number of nitrogens with two attached hydrogens (primary N) is 1. The number of rotatable bonds is 5. The largest absolute Gasteiger partial charge is 0.369 e. The van der Waals surface area contributed by atoms with Gasteiger partial charge in [-0.15, -0.1) is 0 Å². The monoisotopic (exact) mass is 290 g/mol. The molecule has 6 nitrogen and oxygen atoms in total. The van der Waals surface area contributed by atoms with E-state index in [9.17, 15) is 0 Å². The molecule has 0 bridgehead atoms. The normalized spacial score (nSPS) is 19.9. The van der Waals surface area contributed by atoms with Crippen LogP contribution in [-0.2, 0) is 20.0 Å².